The lowest BCUT2D eigenvalue weighted by Crippen LogP contribution is -2.55. The SMILES string of the molecule is C[C@H](NC(=O)[C@H](CC(=O)O)NC(=O)[C@@H](N)CC(=O)O)C(=O)NCC=O. The fourth-order valence-electron chi connectivity index (χ4n) is 1.62. The Kier molecular flexibility index (Phi) is 9.41. The zero-order chi connectivity index (χ0) is 19.6. The second-order valence-electron chi connectivity index (χ2n) is 5.01. The van der Waals surface area contributed by atoms with Crippen molar-refractivity contribution >= 4 is 35.9 Å². The number of hydrogen-bond donors (Lipinski definition) is 6. The predicted octanol–water partition coefficient (Wildman–Crippen LogP) is -3.43. The molecule has 12 nitrogen and oxygen atoms in total. The summed E-state index contributed by atoms with van der Waals surface area (Å²) >= 11 is 0. The number of carbonyl (C=O) groups excluding carboxylic acids is 4. The van der Waals surface area contributed by atoms with Gasteiger partial charge in [0.1, 0.15) is 18.4 Å². The number of aldehydes is 1. The summed E-state index contributed by atoms with van der Waals surface area (Å²) in [5.41, 5.74) is 5.33. The molecule has 3 amide bonds. The quantitative estimate of drug-likeness (QED) is 0.202. The first kappa shape index (κ1) is 22.0. The van der Waals surface area contributed by atoms with Crippen LogP contribution in [0.15, 0.2) is 0 Å². The number of hydrogen-bond acceptors (Lipinski definition) is 7. The Labute approximate surface area is 142 Å². The summed E-state index contributed by atoms with van der Waals surface area (Å²) in [4.78, 5) is 66.9. The zero-order valence-corrected chi connectivity index (χ0v) is 13.4. The average Bonchev–Trinajstić information content (AvgIpc) is 2.50. The summed E-state index contributed by atoms with van der Waals surface area (Å²) in [5, 5.41) is 23.8. The highest BCUT2D eigenvalue weighted by Gasteiger charge is 2.28. The molecule has 0 aliphatic heterocycles. The van der Waals surface area contributed by atoms with Crippen molar-refractivity contribution < 1.29 is 39.0 Å². The van der Waals surface area contributed by atoms with Crippen LogP contribution in [0.1, 0.15) is 19.8 Å². The standard InChI is InChI=1S/C13H20N4O8/c1-6(11(23)15-2-3-18)16-13(25)8(5-10(21)22)17-12(24)7(14)4-9(19)20/h3,6-8H,2,4-5,14H2,1H3,(H,15,23)(H,16,25)(H,17,24)(H,19,20)(H,21,22)/t6-,7-,8-/m0/s1. The topological polar surface area (TPSA) is 205 Å². The van der Waals surface area contributed by atoms with Gasteiger partial charge in [-0.2, -0.15) is 0 Å². The van der Waals surface area contributed by atoms with Crippen LogP contribution in [0, 0.1) is 0 Å². The fourth-order valence-corrected chi connectivity index (χ4v) is 1.62. The smallest absolute Gasteiger partial charge is 0.305 e. The van der Waals surface area contributed by atoms with E-state index in [1.165, 1.54) is 6.92 Å². The number of rotatable bonds is 11. The number of carbonyl (C=O) groups is 6. The van der Waals surface area contributed by atoms with E-state index in [4.69, 9.17) is 15.9 Å². The maximum absolute atomic E-state index is 12.1. The third kappa shape index (κ3) is 9.00. The molecule has 0 fully saturated rings. The van der Waals surface area contributed by atoms with Crippen LogP contribution in [0.4, 0.5) is 0 Å². The van der Waals surface area contributed by atoms with Gasteiger partial charge in [0.05, 0.1) is 25.4 Å². The summed E-state index contributed by atoms with van der Waals surface area (Å²) in [7, 11) is 0. The molecular formula is C13H20N4O8. The van der Waals surface area contributed by atoms with Gasteiger partial charge in [-0.25, -0.2) is 0 Å². The maximum atomic E-state index is 12.1. The molecule has 0 saturated carbocycles. The highest BCUT2D eigenvalue weighted by Crippen LogP contribution is 1.98. The molecule has 0 saturated heterocycles. The molecular weight excluding hydrogens is 340 g/mol. The van der Waals surface area contributed by atoms with E-state index in [9.17, 15) is 28.8 Å². The summed E-state index contributed by atoms with van der Waals surface area (Å²) in [6.45, 7) is 1.02. The highest BCUT2D eigenvalue weighted by molar-refractivity contribution is 5.95. The monoisotopic (exact) mass is 360 g/mol. The Morgan fingerprint density at radius 3 is 2.00 bits per heavy atom. The van der Waals surface area contributed by atoms with E-state index in [2.05, 4.69) is 10.6 Å². The van der Waals surface area contributed by atoms with Crippen molar-refractivity contribution in [3.63, 3.8) is 0 Å². The normalized spacial score (nSPS) is 13.7. The number of aliphatic carboxylic acids is 2. The third-order valence-corrected chi connectivity index (χ3v) is 2.85. The molecule has 0 aromatic rings. The van der Waals surface area contributed by atoms with Gasteiger partial charge in [0.15, 0.2) is 0 Å². The molecule has 0 bridgehead atoms. The van der Waals surface area contributed by atoms with Crippen LogP contribution in [0.5, 0.6) is 0 Å². The molecule has 12 heteroatoms. The number of carboxylic acid groups (broad SMARTS) is 2. The Balaban J connectivity index is 4.89. The molecule has 0 radical (unpaired) electrons. The van der Waals surface area contributed by atoms with Gasteiger partial charge in [-0.1, -0.05) is 0 Å². The van der Waals surface area contributed by atoms with Gasteiger partial charge >= 0.3 is 11.9 Å². The van der Waals surface area contributed by atoms with Crippen LogP contribution in [0.3, 0.4) is 0 Å². The van der Waals surface area contributed by atoms with E-state index in [0.717, 1.165) is 0 Å². The summed E-state index contributed by atoms with van der Waals surface area (Å²) in [6, 6.07) is -4.14. The van der Waals surface area contributed by atoms with E-state index in [-0.39, 0.29) is 6.54 Å². The van der Waals surface area contributed by atoms with E-state index >= 15 is 0 Å². The van der Waals surface area contributed by atoms with Crippen LogP contribution in [-0.4, -0.2) is 70.8 Å². The van der Waals surface area contributed by atoms with Gasteiger partial charge in [-0.3, -0.25) is 24.0 Å². The van der Waals surface area contributed by atoms with Crippen LogP contribution in [0.2, 0.25) is 0 Å². The minimum atomic E-state index is -1.56. The van der Waals surface area contributed by atoms with Crippen molar-refractivity contribution in [3.05, 3.63) is 0 Å². The fraction of sp³-hybridized carbons (Fsp3) is 0.538. The van der Waals surface area contributed by atoms with Gasteiger partial charge in [0.25, 0.3) is 0 Å². The lowest BCUT2D eigenvalue weighted by Gasteiger charge is -2.21. The van der Waals surface area contributed by atoms with Crippen molar-refractivity contribution in [2.75, 3.05) is 6.54 Å². The minimum Gasteiger partial charge on any atom is -0.481 e. The predicted molar refractivity (Wildman–Crippen MR) is 81.1 cm³/mol. The second-order valence-corrected chi connectivity index (χ2v) is 5.01. The average molecular weight is 360 g/mol. The maximum Gasteiger partial charge on any atom is 0.305 e. The van der Waals surface area contributed by atoms with Gasteiger partial charge in [0.2, 0.25) is 17.7 Å². The first-order valence-electron chi connectivity index (χ1n) is 7.09. The molecule has 0 aliphatic carbocycles. The number of nitrogens with one attached hydrogen (secondary N) is 3. The minimum absolute atomic E-state index is 0.265. The first-order chi connectivity index (χ1) is 11.6. The molecule has 0 heterocycles. The van der Waals surface area contributed by atoms with Gasteiger partial charge < -0.3 is 36.7 Å². The van der Waals surface area contributed by atoms with E-state index in [1.807, 2.05) is 5.32 Å². The van der Waals surface area contributed by atoms with E-state index in [0.29, 0.717) is 6.29 Å². The van der Waals surface area contributed by atoms with E-state index in [1.54, 1.807) is 0 Å². The van der Waals surface area contributed by atoms with Crippen molar-refractivity contribution in [2.45, 2.75) is 37.9 Å². The molecule has 0 aromatic carbocycles. The Morgan fingerprint density at radius 2 is 1.52 bits per heavy atom. The zero-order valence-electron chi connectivity index (χ0n) is 13.4. The molecule has 3 atom stereocenters. The van der Waals surface area contributed by atoms with Crippen LogP contribution < -0.4 is 21.7 Å². The second kappa shape index (κ2) is 10.7. The van der Waals surface area contributed by atoms with Crippen molar-refractivity contribution in [2.24, 2.45) is 5.73 Å². The molecule has 140 valence electrons. The van der Waals surface area contributed by atoms with Crippen LogP contribution in [-0.2, 0) is 28.8 Å². The van der Waals surface area contributed by atoms with Crippen molar-refractivity contribution in [3.8, 4) is 0 Å². The van der Waals surface area contributed by atoms with E-state index < -0.39 is 60.6 Å². The van der Waals surface area contributed by atoms with Gasteiger partial charge in [0, 0.05) is 0 Å². The number of carboxylic acids is 2. The van der Waals surface area contributed by atoms with Crippen molar-refractivity contribution in [1.29, 1.82) is 0 Å². The summed E-state index contributed by atoms with van der Waals surface area (Å²) < 4.78 is 0. The lowest BCUT2D eigenvalue weighted by molar-refractivity contribution is -0.142. The third-order valence-electron chi connectivity index (χ3n) is 2.85. The molecule has 0 aromatic heterocycles. The summed E-state index contributed by atoms with van der Waals surface area (Å²) in [6.07, 6.45) is -1.08. The largest absolute Gasteiger partial charge is 0.481 e. The molecule has 25 heavy (non-hydrogen) atoms. The highest BCUT2D eigenvalue weighted by atomic mass is 16.4. The number of amides is 3. The Morgan fingerprint density at radius 1 is 0.960 bits per heavy atom. The molecule has 0 spiro atoms. The van der Waals surface area contributed by atoms with Crippen LogP contribution in [0.25, 0.3) is 0 Å². The Hall–Kier alpha value is -3.02. The summed E-state index contributed by atoms with van der Waals surface area (Å²) in [5.74, 6) is -5.45. The lowest BCUT2D eigenvalue weighted by atomic mass is 10.1. The van der Waals surface area contributed by atoms with Crippen LogP contribution >= 0.6 is 0 Å². The van der Waals surface area contributed by atoms with Gasteiger partial charge in [-0.05, 0) is 6.92 Å². The first-order valence-corrected chi connectivity index (χ1v) is 7.09. The Bertz CT molecular complexity index is 550. The van der Waals surface area contributed by atoms with Crippen molar-refractivity contribution in [1.82, 2.24) is 16.0 Å². The van der Waals surface area contributed by atoms with Gasteiger partial charge in [-0.15, -0.1) is 0 Å². The molecule has 0 unspecified atom stereocenters. The molecule has 0 aliphatic rings. The number of nitrogens with two attached hydrogens (primary N) is 1. The molecule has 7 N–H and O–H groups in total. The molecule has 0 rings (SSSR count).